The van der Waals surface area contributed by atoms with Crippen LogP contribution in [0.4, 0.5) is 4.79 Å². The van der Waals surface area contributed by atoms with Crippen LogP contribution in [0, 0.1) is 0 Å². The Labute approximate surface area is 461 Å². The summed E-state index contributed by atoms with van der Waals surface area (Å²) >= 11 is 0. The molecule has 0 aliphatic carbocycles. The number of rotatable bonds is 34. The lowest BCUT2D eigenvalue weighted by atomic mass is 9.94. The van der Waals surface area contributed by atoms with Gasteiger partial charge in [-0.1, -0.05) is 114 Å². The number of aryl methyl sites for hydroxylation is 1. The van der Waals surface area contributed by atoms with Gasteiger partial charge in [-0.05, 0) is 110 Å². The number of nitrogens with one attached hydrogen (secondary N) is 4. The summed E-state index contributed by atoms with van der Waals surface area (Å²) in [6.45, 7) is 31.0. The molecule has 0 aliphatic heterocycles. The molecule has 0 spiro atoms. The molecule has 0 saturated heterocycles. The van der Waals surface area contributed by atoms with E-state index in [2.05, 4.69) is 131 Å². The maximum absolute atomic E-state index is 12.8. The second-order valence-corrected chi connectivity index (χ2v) is 32.7. The zero-order valence-electron chi connectivity index (χ0n) is 48.5. The smallest absolute Gasteiger partial charge is 0.408 e. The van der Waals surface area contributed by atoms with Crippen molar-refractivity contribution in [1.82, 2.24) is 21.3 Å². The van der Waals surface area contributed by atoms with Crippen molar-refractivity contribution in [2.24, 2.45) is 0 Å². The lowest BCUT2D eigenvalue weighted by molar-refractivity contribution is -0.157. The number of esters is 1. The topological polar surface area (TPSA) is 207 Å². The molecule has 19 heteroatoms. The molecule has 0 heterocycles. The van der Waals surface area contributed by atoms with E-state index in [0.717, 1.165) is 35.1 Å². The molecule has 3 aromatic carbocycles. The number of alkyl carbamates (subject to hydrolysis) is 1. The first-order chi connectivity index (χ1) is 36.2. The molecule has 4 N–H and O–H groups in total. The van der Waals surface area contributed by atoms with Crippen LogP contribution < -0.4 is 21.3 Å². The predicted octanol–water partition coefficient (Wildman–Crippen LogP) is 9.16. The van der Waals surface area contributed by atoms with E-state index >= 15 is 0 Å². The molecular weight excluding hydrogens is 1020 g/mol. The number of carbonyl (C=O) groups is 5. The Bertz CT molecular complexity index is 2260. The molecule has 0 saturated carbocycles. The van der Waals surface area contributed by atoms with Gasteiger partial charge in [0.1, 0.15) is 31.5 Å². The van der Waals surface area contributed by atoms with Crippen LogP contribution in [0.3, 0.4) is 0 Å². The average molecular weight is 1110 g/mol. The van der Waals surface area contributed by atoms with Gasteiger partial charge in [0.15, 0.2) is 16.6 Å². The van der Waals surface area contributed by atoms with Gasteiger partial charge in [0, 0.05) is 26.1 Å². The highest BCUT2D eigenvalue weighted by Gasteiger charge is 2.38. The molecular formula is C58H92N4O13Si2. The molecule has 1 atom stereocenters. The van der Waals surface area contributed by atoms with Crippen LogP contribution in [0.25, 0.3) is 11.1 Å². The molecule has 4 amide bonds. The SMILES string of the molecule is CC(C)(C)OC(=O)C(CCC(=O)NCCOCCOCC(=O)NCCOCCOCC(=O)NCCCc1cc(CO[Si](C)(C)C(C)(C)C)ccc1-c1ccc(CO[Si](C)(C)C(C)(C)C)cc1)NC(=O)OCc1ccccc1. The Balaban J connectivity index is 1.26. The van der Waals surface area contributed by atoms with Crippen molar-refractivity contribution in [3.63, 3.8) is 0 Å². The molecule has 1 unspecified atom stereocenters. The summed E-state index contributed by atoms with van der Waals surface area (Å²) in [6.07, 6.45) is 0.670. The fourth-order valence-electron chi connectivity index (χ4n) is 6.76. The summed E-state index contributed by atoms with van der Waals surface area (Å²) < 4.78 is 45.7. The number of ether oxygens (including phenoxy) is 6. The first-order valence-electron chi connectivity index (χ1n) is 27.0. The van der Waals surface area contributed by atoms with Crippen molar-refractivity contribution in [3.05, 3.63) is 95.1 Å². The van der Waals surface area contributed by atoms with Crippen molar-refractivity contribution in [2.75, 3.05) is 72.5 Å². The molecule has 17 nitrogen and oxygen atoms in total. The molecule has 0 radical (unpaired) electrons. The van der Waals surface area contributed by atoms with Crippen molar-refractivity contribution in [3.8, 4) is 11.1 Å². The number of hydrogen-bond donors (Lipinski definition) is 4. The van der Waals surface area contributed by atoms with Gasteiger partial charge in [-0.25, -0.2) is 9.59 Å². The van der Waals surface area contributed by atoms with Gasteiger partial charge in [-0.2, -0.15) is 0 Å². The highest BCUT2D eigenvalue weighted by Crippen LogP contribution is 2.38. The number of carbonyl (C=O) groups excluding carboxylic acids is 5. The Morgan fingerprint density at radius 2 is 1.04 bits per heavy atom. The van der Waals surface area contributed by atoms with Crippen molar-refractivity contribution < 1.29 is 61.2 Å². The molecule has 0 aromatic heterocycles. The first kappa shape index (κ1) is 66.3. The summed E-state index contributed by atoms with van der Waals surface area (Å²) in [5.41, 5.74) is 5.80. The lowest BCUT2D eigenvalue weighted by Crippen LogP contribution is -2.45. The van der Waals surface area contributed by atoms with Gasteiger partial charge in [0.2, 0.25) is 17.7 Å². The van der Waals surface area contributed by atoms with Crippen LogP contribution in [0.15, 0.2) is 72.8 Å². The van der Waals surface area contributed by atoms with Gasteiger partial charge in [0.05, 0.1) is 52.9 Å². The summed E-state index contributed by atoms with van der Waals surface area (Å²) in [6, 6.07) is 23.3. The van der Waals surface area contributed by atoms with Crippen molar-refractivity contribution in [1.29, 1.82) is 0 Å². The zero-order chi connectivity index (χ0) is 57.1. The maximum atomic E-state index is 12.8. The van der Waals surface area contributed by atoms with Crippen LogP contribution in [-0.2, 0) is 82.7 Å². The summed E-state index contributed by atoms with van der Waals surface area (Å²) in [7, 11) is -3.81. The van der Waals surface area contributed by atoms with Gasteiger partial charge >= 0.3 is 12.1 Å². The molecule has 77 heavy (non-hydrogen) atoms. The third-order valence-electron chi connectivity index (χ3n) is 13.4. The summed E-state index contributed by atoms with van der Waals surface area (Å²) in [5, 5.41) is 11.2. The van der Waals surface area contributed by atoms with Crippen LogP contribution in [0.2, 0.25) is 36.3 Å². The number of amides is 4. The van der Waals surface area contributed by atoms with Crippen LogP contribution >= 0.6 is 0 Å². The normalized spacial score (nSPS) is 12.6. The second kappa shape index (κ2) is 32.8. The van der Waals surface area contributed by atoms with Crippen molar-refractivity contribution in [2.45, 2.75) is 156 Å². The van der Waals surface area contributed by atoms with Crippen LogP contribution in [-0.4, -0.2) is 131 Å². The summed E-state index contributed by atoms with van der Waals surface area (Å²) in [5.74, 6) is -1.52. The average Bonchev–Trinajstić information content (AvgIpc) is 3.35. The second-order valence-electron chi connectivity index (χ2n) is 23.1. The minimum absolute atomic E-state index is 0.000772. The molecule has 0 fully saturated rings. The van der Waals surface area contributed by atoms with E-state index in [0.29, 0.717) is 19.8 Å². The van der Waals surface area contributed by atoms with Crippen molar-refractivity contribution >= 4 is 46.4 Å². The highest BCUT2D eigenvalue weighted by atomic mass is 28.4. The van der Waals surface area contributed by atoms with E-state index in [9.17, 15) is 24.0 Å². The Hall–Kier alpha value is -5.00. The monoisotopic (exact) mass is 1110 g/mol. The van der Waals surface area contributed by atoms with Gasteiger partial charge < -0.3 is 58.5 Å². The third-order valence-corrected chi connectivity index (χ3v) is 22.4. The van der Waals surface area contributed by atoms with E-state index < -0.39 is 40.3 Å². The van der Waals surface area contributed by atoms with E-state index in [1.54, 1.807) is 20.8 Å². The van der Waals surface area contributed by atoms with Gasteiger partial charge in [-0.3, -0.25) is 14.4 Å². The zero-order valence-corrected chi connectivity index (χ0v) is 50.5. The molecule has 430 valence electrons. The minimum atomic E-state index is -1.94. The molecule has 3 aromatic rings. The van der Waals surface area contributed by atoms with Gasteiger partial charge in [0.25, 0.3) is 0 Å². The van der Waals surface area contributed by atoms with Crippen LogP contribution in [0.5, 0.6) is 0 Å². The van der Waals surface area contributed by atoms with Crippen LogP contribution in [0.1, 0.15) is 104 Å². The van der Waals surface area contributed by atoms with E-state index in [4.69, 9.17) is 37.3 Å². The minimum Gasteiger partial charge on any atom is -0.458 e. The molecule has 3 rings (SSSR count). The number of benzene rings is 3. The fraction of sp³-hybridized carbons (Fsp3) is 0.603. The first-order valence-corrected chi connectivity index (χ1v) is 32.8. The quantitative estimate of drug-likeness (QED) is 0.0250. The number of hydrogen-bond acceptors (Lipinski definition) is 13. The molecule has 0 aliphatic rings. The Kier molecular flexibility index (Phi) is 28.2. The maximum Gasteiger partial charge on any atom is 0.408 e. The third kappa shape index (κ3) is 27.0. The lowest BCUT2D eigenvalue weighted by Gasteiger charge is -2.36. The predicted molar refractivity (Wildman–Crippen MR) is 305 cm³/mol. The summed E-state index contributed by atoms with van der Waals surface area (Å²) in [4.78, 5) is 62.5. The van der Waals surface area contributed by atoms with Gasteiger partial charge in [-0.15, -0.1) is 0 Å². The Morgan fingerprint density at radius 1 is 0.545 bits per heavy atom. The largest absolute Gasteiger partial charge is 0.458 e. The molecule has 0 bridgehead atoms. The standard InChI is InChI=1S/C58H92N4O13Si2/c1-56(2,3)75-54(66)50(62-55(67)72-39-44-18-15-14-16-19-44)27-28-51(63)60-30-32-68-34-37-71-43-53(65)61-31-33-69-35-36-70-42-52(64)59-29-17-20-48-38-46(41-74-77(12,13)58(7,8)9)23-26-49(48)47-24-21-45(22-25-47)40-73-76(10,11)57(4,5)6/h14-16,18-19,21-26,38,50H,17,20,27-37,39-43H2,1-13H3,(H,59,64)(H,60,63)(H,61,65)(H,62,67). The van der Waals surface area contributed by atoms with E-state index in [-0.39, 0.29) is 113 Å². The Morgan fingerprint density at radius 3 is 1.58 bits per heavy atom. The highest BCUT2D eigenvalue weighted by molar-refractivity contribution is 6.74. The van der Waals surface area contributed by atoms with E-state index in [1.807, 2.05) is 30.3 Å². The fourth-order valence-corrected chi connectivity index (χ4v) is 8.68. The van der Waals surface area contributed by atoms with E-state index in [1.165, 1.54) is 11.1 Å².